The number of hydrogen-bond donors (Lipinski definition) is 2. The molecule has 2 aromatic carbocycles. The number of amides is 1. The molecular formula is C19H16F4N4OS. The van der Waals surface area contributed by atoms with E-state index in [0.29, 0.717) is 17.0 Å². The number of nitrogens with zero attached hydrogens (tertiary/aromatic N) is 2. The SMILES string of the molecule is CCc1ccc(-c2nnc(SCC(=O)Nc3c(F)cccc3C(F)(F)F)[nH]2)cc1. The standard InChI is InChI=1S/C19H16F4N4OS/c1-2-11-6-8-12(9-7-11)17-25-18(27-26-17)29-10-15(28)24-16-13(19(21,22)23)4-3-5-14(16)20/h3-9H,2,10H2,1H3,(H,24,28)(H,25,26,27). The van der Waals surface area contributed by atoms with E-state index in [1.807, 2.05) is 36.5 Å². The van der Waals surface area contributed by atoms with Crippen LogP contribution in [0.4, 0.5) is 23.2 Å². The highest BCUT2D eigenvalue weighted by atomic mass is 32.2. The number of para-hydroxylation sites is 1. The Morgan fingerprint density at radius 3 is 2.52 bits per heavy atom. The third-order valence-corrected chi connectivity index (χ3v) is 4.89. The molecule has 0 unspecified atom stereocenters. The van der Waals surface area contributed by atoms with Crippen LogP contribution in [0.15, 0.2) is 47.6 Å². The van der Waals surface area contributed by atoms with Crippen molar-refractivity contribution in [3.05, 3.63) is 59.4 Å². The number of nitrogens with one attached hydrogen (secondary N) is 2. The summed E-state index contributed by atoms with van der Waals surface area (Å²) in [7, 11) is 0. The third kappa shape index (κ3) is 5.14. The maximum absolute atomic E-state index is 13.8. The predicted octanol–water partition coefficient (Wildman–Crippen LogP) is 4.92. The molecule has 152 valence electrons. The van der Waals surface area contributed by atoms with Gasteiger partial charge in [0.1, 0.15) is 5.82 Å². The van der Waals surface area contributed by atoms with Crippen LogP contribution in [0.3, 0.4) is 0 Å². The minimum Gasteiger partial charge on any atom is -0.322 e. The number of thioether (sulfide) groups is 1. The minimum atomic E-state index is -4.79. The van der Waals surface area contributed by atoms with Gasteiger partial charge in [0.2, 0.25) is 5.91 Å². The second-order valence-corrected chi connectivity index (χ2v) is 6.99. The average molecular weight is 424 g/mol. The van der Waals surface area contributed by atoms with Gasteiger partial charge in [0.25, 0.3) is 0 Å². The van der Waals surface area contributed by atoms with Crippen molar-refractivity contribution in [2.24, 2.45) is 0 Å². The quantitative estimate of drug-likeness (QED) is 0.435. The van der Waals surface area contributed by atoms with Gasteiger partial charge < -0.3 is 10.3 Å². The predicted molar refractivity (Wildman–Crippen MR) is 102 cm³/mol. The Morgan fingerprint density at radius 2 is 1.86 bits per heavy atom. The molecule has 0 saturated heterocycles. The van der Waals surface area contributed by atoms with E-state index in [1.54, 1.807) is 0 Å². The molecule has 0 bridgehead atoms. The molecule has 5 nitrogen and oxygen atoms in total. The Kier molecular flexibility index (Phi) is 6.21. The number of alkyl halides is 3. The Labute approximate surface area is 167 Å². The van der Waals surface area contributed by atoms with Crippen LogP contribution in [0.5, 0.6) is 0 Å². The van der Waals surface area contributed by atoms with Crippen LogP contribution in [-0.4, -0.2) is 26.8 Å². The molecule has 1 heterocycles. The van der Waals surface area contributed by atoms with Crippen molar-refractivity contribution in [2.45, 2.75) is 24.7 Å². The molecule has 1 aromatic heterocycles. The van der Waals surface area contributed by atoms with E-state index >= 15 is 0 Å². The van der Waals surface area contributed by atoms with Crippen LogP contribution in [0.1, 0.15) is 18.1 Å². The summed E-state index contributed by atoms with van der Waals surface area (Å²) in [6, 6.07) is 10.2. The summed E-state index contributed by atoms with van der Waals surface area (Å²) < 4.78 is 52.8. The van der Waals surface area contributed by atoms with Crippen molar-refractivity contribution >= 4 is 23.4 Å². The summed E-state index contributed by atoms with van der Waals surface area (Å²) in [5.41, 5.74) is -0.147. The number of benzene rings is 2. The summed E-state index contributed by atoms with van der Waals surface area (Å²) in [5.74, 6) is -1.72. The Balaban J connectivity index is 1.64. The highest BCUT2D eigenvalue weighted by Crippen LogP contribution is 2.36. The molecular weight excluding hydrogens is 408 g/mol. The molecule has 10 heteroatoms. The van der Waals surface area contributed by atoms with E-state index in [-0.39, 0.29) is 5.75 Å². The second-order valence-electron chi connectivity index (χ2n) is 6.03. The Hall–Kier alpha value is -2.88. The van der Waals surface area contributed by atoms with Crippen LogP contribution >= 0.6 is 11.8 Å². The Morgan fingerprint density at radius 1 is 1.14 bits per heavy atom. The maximum Gasteiger partial charge on any atom is 0.418 e. The first-order chi connectivity index (χ1) is 13.8. The zero-order chi connectivity index (χ0) is 21.0. The van der Waals surface area contributed by atoms with Crippen molar-refractivity contribution in [3.63, 3.8) is 0 Å². The maximum atomic E-state index is 13.8. The molecule has 3 rings (SSSR count). The number of rotatable bonds is 6. The number of hydrogen-bond acceptors (Lipinski definition) is 4. The highest BCUT2D eigenvalue weighted by molar-refractivity contribution is 7.99. The lowest BCUT2D eigenvalue weighted by Crippen LogP contribution is -2.19. The molecule has 0 saturated carbocycles. The normalized spacial score (nSPS) is 11.5. The van der Waals surface area contributed by atoms with E-state index in [9.17, 15) is 22.4 Å². The number of halogens is 4. The van der Waals surface area contributed by atoms with Crippen LogP contribution in [0.2, 0.25) is 0 Å². The molecule has 0 aliphatic heterocycles. The van der Waals surface area contributed by atoms with Crippen LogP contribution in [0.25, 0.3) is 11.4 Å². The first-order valence-corrected chi connectivity index (χ1v) is 9.57. The first-order valence-electron chi connectivity index (χ1n) is 8.58. The Bertz CT molecular complexity index is 1000. The molecule has 0 fully saturated rings. The summed E-state index contributed by atoms with van der Waals surface area (Å²) in [6.45, 7) is 2.04. The zero-order valence-electron chi connectivity index (χ0n) is 15.2. The van der Waals surface area contributed by atoms with Gasteiger partial charge in [0.05, 0.1) is 17.0 Å². The van der Waals surface area contributed by atoms with E-state index in [2.05, 4.69) is 15.2 Å². The van der Waals surface area contributed by atoms with Gasteiger partial charge in [0, 0.05) is 5.56 Å². The molecule has 0 aliphatic carbocycles. The molecule has 0 spiro atoms. The number of aryl methyl sites for hydroxylation is 1. The second kappa shape index (κ2) is 8.64. The lowest BCUT2D eigenvalue weighted by atomic mass is 10.1. The summed E-state index contributed by atoms with van der Waals surface area (Å²) in [4.78, 5) is 15.0. The number of H-pyrrole nitrogens is 1. The smallest absolute Gasteiger partial charge is 0.322 e. The van der Waals surface area contributed by atoms with Crippen molar-refractivity contribution in [2.75, 3.05) is 11.1 Å². The van der Waals surface area contributed by atoms with E-state index in [0.717, 1.165) is 35.9 Å². The van der Waals surface area contributed by atoms with Crippen molar-refractivity contribution in [1.29, 1.82) is 0 Å². The number of anilines is 1. The van der Waals surface area contributed by atoms with E-state index in [4.69, 9.17) is 0 Å². The minimum absolute atomic E-state index is 0.269. The molecule has 3 aromatic rings. The number of aromatic nitrogens is 3. The molecule has 0 atom stereocenters. The lowest BCUT2D eigenvalue weighted by molar-refractivity contribution is -0.137. The van der Waals surface area contributed by atoms with Gasteiger partial charge in [-0.15, -0.1) is 10.2 Å². The molecule has 1 amide bonds. The fourth-order valence-corrected chi connectivity index (χ4v) is 3.14. The van der Waals surface area contributed by atoms with Crippen molar-refractivity contribution in [1.82, 2.24) is 15.2 Å². The first kappa shape index (κ1) is 20.8. The zero-order valence-corrected chi connectivity index (χ0v) is 16.0. The van der Waals surface area contributed by atoms with Gasteiger partial charge in [0.15, 0.2) is 11.0 Å². The van der Waals surface area contributed by atoms with Crippen molar-refractivity contribution < 1.29 is 22.4 Å². The average Bonchev–Trinajstić information content (AvgIpc) is 3.16. The largest absolute Gasteiger partial charge is 0.418 e. The topological polar surface area (TPSA) is 70.7 Å². The van der Waals surface area contributed by atoms with Crippen LogP contribution in [0, 0.1) is 5.82 Å². The van der Waals surface area contributed by atoms with Crippen LogP contribution in [-0.2, 0) is 17.4 Å². The van der Waals surface area contributed by atoms with Gasteiger partial charge in [-0.25, -0.2) is 4.39 Å². The van der Waals surface area contributed by atoms with E-state index in [1.165, 1.54) is 5.56 Å². The summed E-state index contributed by atoms with van der Waals surface area (Å²) >= 11 is 0.945. The van der Waals surface area contributed by atoms with Gasteiger partial charge in [-0.3, -0.25) is 4.79 Å². The number of carbonyl (C=O) groups is 1. The molecule has 29 heavy (non-hydrogen) atoms. The lowest BCUT2D eigenvalue weighted by Gasteiger charge is -2.14. The van der Waals surface area contributed by atoms with Gasteiger partial charge in [-0.2, -0.15) is 13.2 Å². The molecule has 2 N–H and O–H groups in total. The van der Waals surface area contributed by atoms with Gasteiger partial charge >= 0.3 is 6.18 Å². The fraction of sp³-hybridized carbons (Fsp3) is 0.211. The summed E-state index contributed by atoms with van der Waals surface area (Å²) in [5, 5.41) is 10.2. The number of carbonyl (C=O) groups excluding carboxylic acids is 1. The number of aromatic amines is 1. The molecule has 0 aliphatic rings. The monoisotopic (exact) mass is 424 g/mol. The molecule has 0 radical (unpaired) electrons. The van der Waals surface area contributed by atoms with Gasteiger partial charge in [-0.05, 0) is 24.1 Å². The van der Waals surface area contributed by atoms with Crippen LogP contribution < -0.4 is 5.32 Å². The van der Waals surface area contributed by atoms with Gasteiger partial charge in [-0.1, -0.05) is 49.0 Å². The fourth-order valence-electron chi connectivity index (χ4n) is 2.54. The van der Waals surface area contributed by atoms with Crippen molar-refractivity contribution in [3.8, 4) is 11.4 Å². The van der Waals surface area contributed by atoms with E-state index < -0.39 is 29.2 Å². The highest BCUT2D eigenvalue weighted by Gasteiger charge is 2.35. The third-order valence-electron chi connectivity index (χ3n) is 4.03. The summed E-state index contributed by atoms with van der Waals surface area (Å²) in [6.07, 6.45) is -3.88.